The van der Waals surface area contributed by atoms with Crippen LogP contribution in [0.2, 0.25) is 10.0 Å². The van der Waals surface area contributed by atoms with Crippen LogP contribution in [0.25, 0.3) is 0 Å². The number of halogens is 2. The molecule has 27 heavy (non-hydrogen) atoms. The van der Waals surface area contributed by atoms with Crippen LogP contribution in [0.5, 0.6) is 0 Å². The third-order valence-corrected chi connectivity index (χ3v) is 6.65. The van der Waals surface area contributed by atoms with E-state index >= 15 is 0 Å². The number of piperazine rings is 1. The highest BCUT2D eigenvalue weighted by Crippen LogP contribution is 2.29. The number of nitrogens with zero attached hydrogens (tertiary/aromatic N) is 2. The topological polar surface area (TPSA) is 52.6 Å². The molecule has 0 aromatic heterocycles. The molecule has 0 unspecified atom stereocenters. The van der Waals surface area contributed by atoms with E-state index in [0.717, 1.165) is 38.4 Å². The first-order chi connectivity index (χ1) is 12.9. The van der Waals surface area contributed by atoms with Gasteiger partial charge in [-0.25, -0.2) is 8.42 Å². The van der Waals surface area contributed by atoms with Gasteiger partial charge in [0.25, 0.3) is 0 Å². The first-order valence-corrected chi connectivity index (χ1v) is 11.3. The lowest BCUT2D eigenvalue weighted by Crippen LogP contribution is -2.46. The summed E-state index contributed by atoms with van der Waals surface area (Å²) in [7, 11) is -3.58. The zero-order valence-electron chi connectivity index (χ0n) is 15.2. The van der Waals surface area contributed by atoms with Gasteiger partial charge in [-0.2, -0.15) is 0 Å². The van der Waals surface area contributed by atoms with Crippen molar-refractivity contribution in [2.45, 2.75) is 12.7 Å². The highest BCUT2D eigenvalue weighted by Gasteiger charge is 2.20. The number of sulfonamides is 1. The molecule has 146 valence electrons. The van der Waals surface area contributed by atoms with Crippen LogP contribution in [0.3, 0.4) is 0 Å². The first kappa shape index (κ1) is 20.3. The Labute approximate surface area is 170 Å². The van der Waals surface area contributed by atoms with Gasteiger partial charge in [0.05, 0.1) is 27.2 Å². The minimum Gasteiger partial charge on any atom is -0.367 e. The van der Waals surface area contributed by atoms with Crippen molar-refractivity contribution < 1.29 is 8.42 Å². The summed E-state index contributed by atoms with van der Waals surface area (Å²) < 4.78 is 28.1. The Bertz CT molecular complexity index is 898. The van der Waals surface area contributed by atoms with Gasteiger partial charge in [-0.3, -0.25) is 4.72 Å². The molecule has 0 bridgehead atoms. The Kier molecular flexibility index (Phi) is 6.52. The fourth-order valence-corrected chi connectivity index (χ4v) is 4.71. The summed E-state index contributed by atoms with van der Waals surface area (Å²) in [6.07, 6.45) is 0. The van der Waals surface area contributed by atoms with Gasteiger partial charge in [-0.15, -0.1) is 0 Å². The lowest BCUT2D eigenvalue weighted by Gasteiger charge is -2.36. The lowest BCUT2D eigenvalue weighted by atomic mass is 10.2. The normalized spacial score (nSPS) is 15.7. The first-order valence-electron chi connectivity index (χ1n) is 8.88. The number of para-hydroxylation sites is 2. The highest BCUT2D eigenvalue weighted by molar-refractivity contribution is 7.91. The fraction of sp³-hybridized carbons (Fsp3) is 0.368. The summed E-state index contributed by atoms with van der Waals surface area (Å²) in [6.45, 7) is 6.88. The third-order valence-electron chi connectivity index (χ3n) is 4.67. The van der Waals surface area contributed by atoms with Crippen LogP contribution in [0.15, 0.2) is 42.5 Å². The van der Waals surface area contributed by atoms with Gasteiger partial charge in [0.1, 0.15) is 0 Å². The Balaban J connectivity index is 1.76. The number of likely N-dealkylation sites (N-methyl/N-ethyl adjacent to an activating group) is 1. The monoisotopic (exact) mass is 427 g/mol. The zero-order chi connectivity index (χ0) is 19.4. The molecule has 1 saturated heterocycles. The quantitative estimate of drug-likeness (QED) is 0.754. The van der Waals surface area contributed by atoms with E-state index in [1.165, 1.54) is 0 Å². The summed E-state index contributed by atoms with van der Waals surface area (Å²) in [6, 6.07) is 12.4. The average Bonchev–Trinajstić information content (AvgIpc) is 2.65. The molecule has 3 rings (SSSR count). The van der Waals surface area contributed by atoms with E-state index in [-0.39, 0.29) is 5.75 Å². The highest BCUT2D eigenvalue weighted by atomic mass is 35.5. The van der Waals surface area contributed by atoms with Gasteiger partial charge in [0.15, 0.2) is 0 Å². The molecule has 1 aliphatic heterocycles. The van der Waals surface area contributed by atoms with E-state index in [1.54, 1.807) is 24.3 Å². The van der Waals surface area contributed by atoms with Gasteiger partial charge in [0, 0.05) is 26.2 Å². The maximum atomic E-state index is 12.7. The second-order valence-electron chi connectivity index (χ2n) is 6.55. The number of nitrogens with one attached hydrogen (secondary N) is 1. The number of hydrogen-bond donors (Lipinski definition) is 1. The SMILES string of the molecule is CCN1CCN(c2ccccc2NS(=O)(=O)Cc2ccc(Cl)c(Cl)c2)CC1. The Hall–Kier alpha value is -1.47. The van der Waals surface area contributed by atoms with Crippen LogP contribution in [-0.2, 0) is 15.8 Å². The molecule has 1 fully saturated rings. The van der Waals surface area contributed by atoms with Crippen LogP contribution < -0.4 is 9.62 Å². The van der Waals surface area contributed by atoms with Crippen molar-refractivity contribution in [2.24, 2.45) is 0 Å². The van der Waals surface area contributed by atoms with Crippen molar-refractivity contribution in [3.8, 4) is 0 Å². The summed E-state index contributed by atoms with van der Waals surface area (Å²) in [5.41, 5.74) is 2.10. The number of anilines is 2. The van der Waals surface area contributed by atoms with Crippen LogP contribution in [-0.4, -0.2) is 46.0 Å². The lowest BCUT2D eigenvalue weighted by molar-refractivity contribution is 0.271. The maximum absolute atomic E-state index is 12.7. The Morgan fingerprint density at radius 1 is 1.00 bits per heavy atom. The van der Waals surface area contributed by atoms with Crippen molar-refractivity contribution in [3.05, 3.63) is 58.1 Å². The molecule has 0 aliphatic carbocycles. The molecule has 0 saturated carbocycles. The summed E-state index contributed by atoms with van der Waals surface area (Å²) in [5.74, 6) is -0.165. The molecule has 0 atom stereocenters. The largest absolute Gasteiger partial charge is 0.367 e. The number of benzene rings is 2. The standard InChI is InChI=1S/C19H23Cl2N3O2S/c1-2-23-9-11-24(12-10-23)19-6-4-3-5-18(19)22-27(25,26)14-15-7-8-16(20)17(21)13-15/h3-8,13,22H,2,9-12,14H2,1H3. The zero-order valence-corrected chi connectivity index (χ0v) is 17.5. The van der Waals surface area contributed by atoms with E-state index in [0.29, 0.717) is 21.3 Å². The fourth-order valence-electron chi connectivity index (χ4n) is 3.19. The van der Waals surface area contributed by atoms with Crippen LogP contribution in [0.1, 0.15) is 12.5 Å². The van der Waals surface area contributed by atoms with E-state index < -0.39 is 10.0 Å². The third kappa shape index (κ3) is 5.29. The summed E-state index contributed by atoms with van der Waals surface area (Å²) >= 11 is 11.9. The number of hydrogen-bond acceptors (Lipinski definition) is 4. The Morgan fingerprint density at radius 2 is 1.70 bits per heavy atom. The predicted octanol–water partition coefficient (Wildman–Crippen LogP) is 4.08. The van der Waals surface area contributed by atoms with Crippen molar-refractivity contribution in [3.63, 3.8) is 0 Å². The molecule has 8 heteroatoms. The van der Waals surface area contributed by atoms with E-state index in [1.807, 2.05) is 18.2 Å². The maximum Gasteiger partial charge on any atom is 0.236 e. The molecule has 1 N–H and O–H groups in total. The second kappa shape index (κ2) is 8.69. The number of rotatable bonds is 6. The van der Waals surface area contributed by atoms with Crippen LogP contribution >= 0.6 is 23.2 Å². The van der Waals surface area contributed by atoms with Crippen molar-refractivity contribution >= 4 is 44.6 Å². The summed E-state index contributed by atoms with van der Waals surface area (Å²) in [5, 5.41) is 0.751. The van der Waals surface area contributed by atoms with E-state index in [2.05, 4.69) is 21.4 Å². The van der Waals surface area contributed by atoms with Gasteiger partial charge in [-0.1, -0.05) is 48.3 Å². The molecular formula is C19H23Cl2N3O2S. The molecule has 2 aromatic rings. The van der Waals surface area contributed by atoms with E-state index in [9.17, 15) is 8.42 Å². The van der Waals surface area contributed by atoms with Crippen molar-refractivity contribution in [1.82, 2.24) is 4.90 Å². The molecule has 0 radical (unpaired) electrons. The average molecular weight is 428 g/mol. The van der Waals surface area contributed by atoms with Crippen LogP contribution in [0.4, 0.5) is 11.4 Å². The molecule has 0 amide bonds. The van der Waals surface area contributed by atoms with E-state index in [4.69, 9.17) is 23.2 Å². The minimum absolute atomic E-state index is 0.165. The van der Waals surface area contributed by atoms with Crippen LogP contribution in [0, 0.1) is 0 Å². The Morgan fingerprint density at radius 3 is 2.37 bits per heavy atom. The molecule has 0 spiro atoms. The molecular weight excluding hydrogens is 405 g/mol. The second-order valence-corrected chi connectivity index (χ2v) is 9.08. The molecule has 1 heterocycles. The molecule has 2 aromatic carbocycles. The predicted molar refractivity (Wildman–Crippen MR) is 113 cm³/mol. The van der Waals surface area contributed by atoms with Gasteiger partial charge in [0.2, 0.25) is 10.0 Å². The smallest absolute Gasteiger partial charge is 0.236 e. The van der Waals surface area contributed by atoms with Crippen molar-refractivity contribution in [2.75, 3.05) is 42.3 Å². The molecule has 5 nitrogen and oxygen atoms in total. The summed E-state index contributed by atoms with van der Waals surface area (Å²) in [4.78, 5) is 4.61. The molecule has 1 aliphatic rings. The van der Waals surface area contributed by atoms with Crippen molar-refractivity contribution in [1.29, 1.82) is 0 Å². The van der Waals surface area contributed by atoms with Gasteiger partial charge in [-0.05, 0) is 36.4 Å². The minimum atomic E-state index is -3.58. The van der Waals surface area contributed by atoms with Gasteiger partial charge < -0.3 is 9.80 Å². The van der Waals surface area contributed by atoms with Gasteiger partial charge >= 0.3 is 0 Å².